The SMILES string of the molecule is c1ccc(-c2ccc(N(c3ccc(-c4ccc5c(ccc6ccc7ccccc7c65)c4)c(-c4ccccc4)c3)c3ccc4ccccc4c3)cc2)cc1. The van der Waals surface area contributed by atoms with Gasteiger partial charge >= 0.3 is 0 Å². The maximum absolute atomic E-state index is 2.38. The maximum Gasteiger partial charge on any atom is 0.0468 e. The van der Waals surface area contributed by atoms with Crippen LogP contribution in [0.15, 0.2) is 212 Å². The van der Waals surface area contributed by atoms with Crippen molar-refractivity contribution in [3.05, 3.63) is 212 Å². The van der Waals surface area contributed by atoms with Crippen LogP contribution in [0.25, 0.3) is 76.5 Å². The second kappa shape index (κ2) is 13.0. The molecule has 10 aromatic rings. The highest BCUT2D eigenvalue weighted by Gasteiger charge is 2.18. The zero-order valence-electron chi connectivity index (χ0n) is 29.2. The van der Waals surface area contributed by atoms with E-state index < -0.39 is 0 Å². The van der Waals surface area contributed by atoms with Gasteiger partial charge in [0.1, 0.15) is 0 Å². The van der Waals surface area contributed by atoms with Crippen molar-refractivity contribution in [2.75, 3.05) is 4.90 Å². The molecule has 10 rings (SSSR count). The van der Waals surface area contributed by atoms with E-state index in [0.717, 1.165) is 17.1 Å². The fourth-order valence-electron chi connectivity index (χ4n) is 7.98. The predicted octanol–water partition coefficient (Wildman–Crippen LogP) is 14.8. The van der Waals surface area contributed by atoms with E-state index in [9.17, 15) is 0 Å². The third kappa shape index (κ3) is 5.60. The summed E-state index contributed by atoms with van der Waals surface area (Å²) in [4.78, 5) is 2.38. The molecule has 0 N–H and O–H groups in total. The molecule has 0 aliphatic rings. The first-order valence-corrected chi connectivity index (χ1v) is 18.3. The predicted molar refractivity (Wildman–Crippen MR) is 227 cm³/mol. The molecule has 1 nitrogen and oxygen atoms in total. The van der Waals surface area contributed by atoms with Gasteiger partial charge in [-0.3, -0.25) is 0 Å². The number of rotatable bonds is 6. The van der Waals surface area contributed by atoms with Gasteiger partial charge in [0.2, 0.25) is 0 Å². The van der Waals surface area contributed by atoms with Crippen LogP contribution in [0.3, 0.4) is 0 Å². The summed E-state index contributed by atoms with van der Waals surface area (Å²) >= 11 is 0. The van der Waals surface area contributed by atoms with Crippen LogP contribution >= 0.6 is 0 Å². The summed E-state index contributed by atoms with van der Waals surface area (Å²) in [7, 11) is 0. The van der Waals surface area contributed by atoms with E-state index in [-0.39, 0.29) is 0 Å². The van der Waals surface area contributed by atoms with E-state index in [0.29, 0.717) is 0 Å². The van der Waals surface area contributed by atoms with Gasteiger partial charge in [-0.1, -0.05) is 170 Å². The number of benzene rings is 10. The van der Waals surface area contributed by atoms with Gasteiger partial charge < -0.3 is 4.90 Å². The number of hydrogen-bond donors (Lipinski definition) is 0. The second-order valence-corrected chi connectivity index (χ2v) is 13.8. The molecule has 53 heavy (non-hydrogen) atoms. The molecule has 1 heteroatoms. The van der Waals surface area contributed by atoms with Crippen LogP contribution in [0.1, 0.15) is 0 Å². The van der Waals surface area contributed by atoms with Crippen molar-refractivity contribution in [1.82, 2.24) is 0 Å². The quantitative estimate of drug-likeness (QED) is 0.159. The Labute approximate surface area is 309 Å². The van der Waals surface area contributed by atoms with Gasteiger partial charge in [0, 0.05) is 17.1 Å². The van der Waals surface area contributed by atoms with Gasteiger partial charge in [-0.05, 0) is 119 Å². The molecular weight excluding hydrogens is 639 g/mol. The summed E-state index contributed by atoms with van der Waals surface area (Å²) in [6.45, 7) is 0. The average molecular weight is 674 g/mol. The van der Waals surface area contributed by atoms with Crippen molar-refractivity contribution in [3.8, 4) is 33.4 Å². The summed E-state index contributed by atoms with van der Waals surface area (Å²) in [6.07, 6.45) is 0. The lowest BCUT2D eigenvalue weighted by Gasteiger charge is -2.27. The Morgan fingerprint density at radius 3 is 1.57 bits per heavy atom. The van der Waals surface area contributed by atoms with Crippen LogP contribution in [0.5, 0.6) is 0 Å². The van der Waals surface area contributed by atoms with Crippen molar-refractivity contribution in [1.29, 1.82) is 0 Å². The first-order chi connectivity index (χ1) is 26.3. The standard InChI is InChI=1S/C52H35N/c1-3-11-36(12-4-1)38-23-27-45(28-24-38)53(46-29-25-37-13-7-8-17-42(37)34-46)47-30-32-48(51(35-47)39-14-5-2-6-15-39)43-26-31-50-44(33-43)22-21-41-20-19-40-16-9-10-18-49(40)52(41)50/h1-35H. The maximum atomic E-state index is 2.38. The molecule has 0 aliphatic heterocycles. The Morgan fingerprint density at radius 2 is 0.774 bits per heavy atom. The third-order valence-corrected chi connectivity index (χ3v) is 10.6. The molecule has 248 valence electrons. The molecule has 0 saturated heterocycles. The van der Waals surface area contributed by atoms with Crippen LogP contribution in [0.2, 0.25) is 0 Å². The monoisotopic (exact) mass is 673 g/mol. The zero-order valence-corrected chi connectivity index (χ0v) is 29.2. The van der Waals surface area contributed by atoms with Gasteiger partial charge in [0.05, 0.1) is 0 Å². The van der Waals surface area contributed by atoms with E-state index in [1.807, 2.05) is 0 Å². The number of hydrogen-bond acceptors (Lipinski definition) is 1. The molecule has 0 heterocycles. The average Bonchev–Trinajstić information content (AvgIpc) is 3.24. The number of nitrogens with zero attached hydrogens (tertiary/aromatic N) is 1. The van der Waals surface area contributed by atoms with E-state index in [1.165, 1.54) is 76.5 Å². The van der Waals surface area contributed by atoms with Gasteiger partial charge in [0.15, 0.2) is 0 Å². The van der Waals surface area contributed by atoms with Crippen molar-refractivity contribution >= 4 is 60.2 Å². The second-order valence-electron chi connectivity index (χ2n) is 13.8. The summed E-state index contributed by atoms with van der Waals surface area (Å²) in [5.41, 5.74) is 10.5. The van der Waals surface area contributed by atoms with E-state index >= 15 is 0 Å². The van der Waals surface area contributed by atoms with Gasteiger partial charge in [-0.15, -0.1) is 0 Å². The Morgan fingerprint density at radius 1 is 0.245 bits per heavy atom. The van der Waals surface area contributed by atoms with Crippen LogP contribution in [-0.4, -0.2) is 0 Å². The summed E-state index contributed by atoms with van der Waals surface area (Å²) in [5.74, 6) is 0. The molecule has 0 bridgehead atoms. The van der Waals surface area contributed by atoms with Crippen LogP contribution < -0.4 is 4.90 Å². The normalized spacial score (nSPS) is 11.4. The molecule has 0 unspecified atom stereocenters. The van der Waals surface area contributed by atoms with Crippen molar-refractivity contribution < 1.29 is 0 Å². The summed E-state index contributed by atoms with van der Waals surface area (Å²) in [6, 6.07) is 77.3. The first-order valence-electron chi connectivity index (χ1n) is 18.3. The molecule has 0 saturated carbocycles. The van der Waals surface area contributed by atoms with E-state index in [2.05, 4.69) is 217 Å². The van der Waals surface area contributed by atoms with E-state index in [4.69, 9.17) is 0 Å². The molecule has 10 aromatic carbocycles. The first kappa shape index (κ1) is 30.8. The van der Waals surface area contributed by atoms with Gasteiger partial charge in [0.25, 0.3) is 0 Å². The lowest BCUT2D eigenvalue weighted by Crippen LogP contribution is -2.10. The number of fused-ring (bicyclic) bond motifs is 6. The summed E-state index contributed by atoms with van der Waals surface area (Å²) < 4.78 is 0. The lowest BCUT2D eigenvalue weighted by atomic mass is 9.90. The highest BCUT2D eigenvalue weighted by Crippen LogP contribution is 2.43. The minimum absolute atomic E-state index is 1.11. The Bertz CT molecular complexity index is 2930. The minimum Gasteiger partial charge on any atom is -0.310 e. The molecule has 0 spiro atoms. The fraction of sp³-hybridized carbons (Fsp3) is 0. The zero-order chi connectivity index (χ0) is 35.1. The minimum atomic E-state index is 1.11. The Balaban J connectivity index is 1.15. The Hall–Kier alpha value is -6.96. The van der Waals surface area contributed by atoms with Crippen molar-refractivity contribution in [3.63, 3.8) is 0 Å². The van der Waals surface area contributed by atoms with Crippen LogP contribution in [0.4, 0.5) is 17.1 Å². The lowest BCUT2D eigenvalue weighted by molar-refractivity contribution is 1.29. The fourth-order valence-corrected chi connectivity index (χ4v) is 7.98. The molecule has 0 atom stereocenters. The van der Waals surface area contributed by atoms with E-state index in [1.54, 1.807) is 0 Å². The largest absolute Gasteiger partial charge is 0.310 e. The molecular formula is C52H35N. The van der Waals surface area contributed by atoms with Gasteiger partial charge in [-0.2, -0.15) is 0 Å². The van der Waals surface area contributed by atoms with Crippen molar-refractivity contribution in [2.24, 2.45) is 0 Å². The molecule has 0 aliphatic carbocycles. The smallest absolute Gasteiger partial charge is 0.0468 e. The highest BCUT2D eigenvalue weighted by atomic mass is 15.1. The van der Waals surface area contributed by atoms with Crippen LogP contribution in [-0.2, 0) is 0 Å². The van der Waals surface area contributed by atoms with Gasteiger partial charge in [-0.25, -0.2) is 0 Å². The highest BCUT2D eigenvalue weighted by molar-refractivity contribution is 6.20. The Kier molecular flexibility index (Phi) is 7.55. The third-order valence-electron chi connectivity index (χ3n) is 10.6. The molecule has 0 amide bonds. The topological polar surface area (TPSA) is 3.24 Å². The van der Waals surface area contributed by atoms with Crippen molar-refractivity contribution in [2.45, 2.75) is 0 Å². The molecule has 0 radical (unpaired) electrons. The molecule has 0 fully saturated rings. The molecule has 0 aromatic heterocycles. The summed E-state index contributed by atoms with van der Waals surface area (Å²) in [5, 5.41) is 10.1. The van der Waals surface area contributed by atoms with Crippen LogP contribution in [0, 0.1) is 0 Å². The number of anilines is 3.